The van der Waals surface area contributed by atoms with Gasteiger partial charge in [-0.25, -0.2) is 0 Å². The number of rotatable bonds is 7. The zero-order valence-electron chi connectivity index (χ0n) is 8.85. The van der Waals surface area contributed by atoms with E-state index in [1.165, 1.54) is 6.42 Å². The van der Waals surface area contributed by atoms with Crippen molar-refractivity contribution in [2.75, 3.05) is 13.2 Å². The van der Waals surface area contributed by atoms with Crippen LogP contribution in [0.2, 0.25) is 0 Å². The molecular weight excluding hydrogens is 152 g/mol. The van der Waals surface area contributed by atoms with Crippen molar-refractivity contribution in [1.82, 2.24) is 0 Å². The van der Waals surface area contributed by atoms with Gasteiger partial charge in [0.25, 0.3) is 0 Å². The standard InChI is InChI=1S/C10H22O2/c1-5-8-9-12-10(4,6-2)11-7-3/h5-9H2,1-4H3. The molecule has 0 heterocycles. The van der Waals surface area contributed by atoms with E-state index in [4.69, 9.17) is 9.47 Å². The lowest BCUT2D eigenvalue weighted by Gasteiger charge is -2.28. The van der Waals surface area contributed by atoms with Crippen molar-refractivity contribution in [3.05, 3.63) is 0 Å². The SMILES string of the molecule is CCCCOC(C)(CC)OCC. The lowest BCUT2D eigenvalue weighted by atomic mass is 10.2. The Labute approximate surface area is 76.3 Å². The van der Waals surface area contributed by atoms with E-state index < -0.39 is 0 Å². The molecule has 0 fully saturated rings. The highest BCUT2D eigenvalue weighted by molar-refractivity contribution is 4.59. The summed E-state index contributed by atoms with van der Waals surface area (Å²) in [6.07, 6.45) is 3.19. The highest BCUT2D eigenvalue weighted by Gasteiger charge is 2.21. The van der Waals surface area contributed by atoms with E-state index in [0.717, 1.165) is 26.1 Å². The van der Waals surface area contributed by atoms with Crippen molar-refractivity contribution in [3.63, 3.8) is 0 Å². The number of ether oxygens (including phenoxy) is 2. The Morgan fingerprint density at radius 3 is 2.17 bits per heavy atom. The highest BCUT2D eigenvalue weighted by Crippen LogP contribution is 2.17. The fourth-order valence-electron chi connectivity index (χ4n) is 0.984. The summed E-state index contributed by atoms with van der Waals surface area (Å²) in [6, 6.07) is 0. The Kier molecular flexibility index (Phi) is 6.39. The molecule has 0 rings (SSSR count). The second-order valence-corrected chi connectivity index (χ2v) is 3.12. The van der Waals surface area contributed by atoms with Crippen LogP contribution in [0.1, 0.15) is 47.0 Å². The van der Waals surface area contributed by atoms with Gasteiger partial charge in [0.1, 0.15) is 0 Å². The molecule has 0 amide bonds. The number of unbranched alkanes of at least 4 members (excludes halogenated alkanes) is 1. The normalized spacial score (nSPS) is 16.0. The van der Waals surface area contributed by atoms with Gasteiger partial charge in [-0.1, -0.05) is 20.3 Å². The number of hydrogen-bond acceptors (Lipinski definition) is 2. The minimum Gasteiger partial charge on any atom is -0.351 e. The molecule has 1 unspecified atom stereocenters. The molecule has 0 aliphatic carbocycles. The van der Waals surface area contributed by atoms with Crippen LogP contribution in [-0.2, 0) is 9.47 Å². The average molecular weight is 174 g/mol. The molecule has 0 radical (unpaired) electrons. The molecular formula is C10H22O2. The first-order chi connectivity index (χ1) is 5.68. The third-order valence-electron chi connectivity index (χ3n) is 2.00. The van der Waals surface area contributed by atoms with Crippen LogP contribution < -0.4 is 0 Å². The molecule has 0 aliphatic rings. The zero-order chi connectivity index (χ0) is 9.45. The van der Waals surface area contributed by atoms with E-state index >= 15 is 0 Å². The summed E-state index contributed by atoms with van der Waals surface area (Å²) < 4.78 is 11.1. The largest absolute Gasteiger partial charge is 0.351 e. The fourth-order valence-corrected chi connectivity index (χ4v) is 0.984. The van der Waals surface area contributed by atoms with E-state index in [9.17, 15) is 0 Å². The number of hydrogen-bond donors (Lipinski definition) is 0. The Balaban J connectivity index is 3.63. The van der Waals surface area contributed by atoms with E-state index in [2.05, 4.69) is 13.8 Å². The van der Waals surface area contributed by atoms with E-state index in [-0.39, 0.29) is 5.79 Å². The summed E-state index contributed by atoms with van der Waals surface area (Å²) in [5, 5.41) is 0. The molecule has 74 valence electrons. The molecule has 2 nitrogen and oxygen atoms in total. The van der Waals surface area contributed by atoms with Gasteiger partial charge in [-0.05, 0) is 26.7 Å². The van der Waals surface area contributed by atoms with Crippen LogP contribution in [0.15, 0.2) is 0 Å². The Bertz CT molecular complexity index is 104. The Hall–Kier alpha value is -0.0800. The minimum atomic E-state index is -0.357. The third-order valence-corrected chi connectivity index (χ3v) is 2.00. The van der Waals surface area contributed by atoms with Crippen molar-refractivity contribution >= 4 is 0 Å². The van der Waals surface area contributed by atoms with Gasteiger partial charge < -0.3 is 9.47 Å². The van der Waals surface area contributed by atoms with Gasteiger partial charge in [-0.3, -0.25) is 0 Å². The molecule has 0 spiro atoms. The predicted octanol–water partition coefficient (Wildman–Crippen LogP) is 2.97. The van der Waals surface area contributed by atoms with Gasteiger partial charge in [-0.15, -0.1) is 0 Å². The molecule has 0 aliphatic heterocycles. The van der Waals surface area contributed by atoms with Gasteiger partial charge >= 0.3 is 0 Å². The first-order valence-corrected chi connectivity index (χ1v) is 4.96. The molecule has 0 aromatic heterocycles. The first kappa shape index (κ1) is 11.9. The van der Waals surface area contributed by atoms with Crippen LogP contribution in [0.4, 0.5) is 0 Å². The van der Waals surface area contributed by atoms with Crippen LogP contribution in [0.25, 0.3) is 0 Å². The van der Waals surface area contributed by atoms with Crippen molar-refractivity contribution in [2.24, 2.45) is 0 Å². The second-order valence-electron chi connectivity index (χ2n) is 3.12. The van der Waals surface area contributed by atoms with Crippen LogP contribution >= 0.6 is 0 Å². The van der Waals surface area contributed by atoms with Gasteiger partial charge in [0.15, 0.2) is 5.79 Å². The quantitative estimate of drug-likeness (QED) is 0.436. The summed E-state index contributed by atoms with van der Waals surface area (Å²) in [4.78, 5) is 0. The van der Waals surface area contributed by atoms with Crippen molar-refractivity contribution in [3.8, 4) is 0 Å². The van der Waals surface area contributed by atoms with Gasteiger partial charge in [-0.2, -0.15) is 0 Å². The van der Waals surface area contributed by atoms with Crippen LogP contribution in [0.3, 0.4) is 0 Å². The Morgan fingerprint density at radius 2 is 1.75 bits per heavy atom. The lowest BCUT2D eigenvalue weighted by Crippen LogP contribution is -2.31. The summed E-state index contributed by atoms with van der Waals surface area (Å²) in [5.41, 5.74) is 0. The molecule has 0 saturated carbocycles. The smallest absolute Gasteiger partial charge is 0.165 e. The molecule has 0 N–H and O–H groups in total. The minimum absolute atomic E-state index is 0.357. The van der Waals surface area contributed by atoms with Gasteiger partial charge in [0, 0.05) is 13.2 Å². The maximum absolute atomic E-state index is 5.64. The van der Waals surface area contributed by atoms with E-state index in [1.54, 1.807) is 0 Å². The topological polar surface area (TPSA) is 18.5 Å². The Morgan fingerprint density at radius 1 is 1.08 bits per heavy atom. The maximum atomic E-state index is 5.64. The van der Waals surface area contributed by atoms with Crippen LogP contribution in [0.5, 0.6) is 0 Å². The van der Waals surface area contributed by atoms with E-state index in [1.807, 2.05) is 13.8 Å². The van der Waals surface area contributed by atoms with Crippen molar-refractivity contribution < 1.29 is 9.47 Å². The van der Waals surface area contributed by atoms with E-state index in [0.29, 0.717) is 0 Å². The molecule has 2 heteroatoms. The predicted molar refractivity (Wildman–Crippen MR) is 51.2 cm³/mol. The molecule has 12 heavy (non-hydrogen) atoms. The van der Waals surface area contributed by atoms with Crippen molar-refractivity contribution in [1.29, 1.82) is 0 Å². The zero-order valence-corrected chi connectivity index (χ0v) is 8.85. The molecule has 0 aromatic rings. The molecule has 0 aromatic carbocycles. The molecule has 0 saturated heterocycles. The summed E-state index contributed by atoms with van der Waals surface area (Å²) in [5.74, 6) is -0.357. The summed E-state index contributed by atoms with van der Waals surface area (Å²) in [6.45, 7) is 9.77. The maximum Gasteiger partial charge on any atom is 0.165 e. The van der Waals surface area contributed by atoms with Crippen LogP contribution in [-0.4, -0.2) is 19.0 Å². The highest BCUT2D eigenvalue weighted by atomic mass is 16.7. The summed E-state index contributed by atoms with van der Waals surface area (Å²) >= 11 is 0. The second kappa shape index (κ2) is 6.44. The first-order valence-electron chi connectivity index (χ1n) is 4.96. The third kappa shape index (κ3) is 4.73. The monoisotopic (exact) mass is 174 g/mol. The fraction of sp³-hybridized carbons (Fsp3) is 1.00. The van der Waals surface area contributed by atoms with Crippen molar-refractivity contribution in [2.45, 2.75) is 52.7 Å². The summed E-state index contributed by atoms with van der Waals surface area (Å²) in [7, 11) is 0. The lowest BCUT2D eigenvalue weighted by molar-refractivity contribution is -0.224. The van der Waals surface area contributed by atoms with Gasteiger partial charge in [0.2, 0.25) is 0 Å². The van der Waals surface area contributed by atoms with Crippen LogP contribution in [0, 0.1) is 0 Å². The molecule has 1 atom stereocenters. The average Bonchev–Trinajstić information content (AvgIpc) is 2.06. The van der Waals surface area contributed by atoms with Gasteiger partial charge in [0.05, 0.1) is 0 Å². The molecule has 0 bridgehead atoms.